The first-order valence-electron chi connectivity index (χ1n) is 10.8. The van der Waals surface area contributed by atoms with Crippen molar-refractivity contribution in [1.82, 2.24) is 9.21 Å². The lowest BCUT2D eigenvalue weighted by atomic mass is 10.3. The van der Waals surface area contributed by atoms with Gasteiger partial charge in [-0.1, -0.05) is 19.1 Å². The number of hydrogen-bond acceptors (Lipinski definition) is 8. The third-order valence-corrected chi connectivity index (χ3v) is 7.20. The lowest BCUT2D eigenvalue weighted by Crippen LogP contribution is -2.50. The molecule has 0 unspecified atom stereocenters. The first-order valence-corrected chi connectivity index (χ1v) is 12.3. The minimum Gasteiger partial charge on any atom is -0.491 e. The number of rotatable bonds is 10. The summed E-state index contributed by atoms with van der Waals surface area (Å²) in [5, 5.41) is 14.1. The maximum Gasteiger partial charge on any atom is 0.312 e. The highest BCUT2D eigenvalue weighted by atomic mass is 32.2. The zero-order valence-electron chi connectivity index (χ0n) is 19.1. The molecule has 1 saturated heterocycles. The van der Waals surface area contributed by atoms with Crippen LogP contribution in [0, 0.1) is 10.1 Å². The predicted octanol–water partition coefficient (Wildman–Crippen LogP) is 2.34. The Morgan fingerprint density at radius 3 is 2.47 bits per heavy atom. The number of para-hydroxylation sites is 2. The molecule has 0 aliphatic carbocycles. The Hall–Kier alpha value is -3.22. The maximum absolute atomic E-state index is 13.0. The number of carbonyl (C=O) groups is 1. The second-order valence-electron chi connectivity index (χ2n) is 7.66. The van der Waals surface area contributed by atoms with Crippen LogP contribution in [0.2, 0.25) is 0 Å². The first-order chi connectivity index (χ1) is 16.3. The molecule has 1 fully saturated rings. The van der Waals surface area contributed by atoms with Gasteiger partial charge < -0.3 is 14.8 Å². The van der Waals surface area contributed by atoms with E-state index >= 15 is 0 Å². The van der Waals surface area contributed by atoms with Crippen LogP contribution in [0.3, 0.4) is 0 Å². The Morgan fingerprint density at radius 2 is 1.82 bits per heavy atom. The van der Waals surface area contributed by atoms with Crippen molar-refractivity contribution in [2.24, 2.45) is 0 Å². The van der Waals surface area contributed by atoms with Crippen LogP contribution in [0.5, 0.6) is 11.5 Å². The van der Waals surface area contributed by atoms with Crippen LogP contribution in [-0.2, 0) is 14.8 Å². The number of sulfonamides is 1. The molecule has 0 saturated carbocycles. The Bertz CT molecular complexity index is 1130. The van der Waals surface area contributed by atoms with Gasteiger partial charge in [0.15, 0.2) is 5.75 Å². The van der Waals surface area contributed by atoms with Gasteiger partial charge in [-0.25, -0.2) is 8.42 Å². The Labute approximate surface area is 198 Å². The van der Waals surface area contributed by atoms with Crippen molar-refractivity contribution >= 4 is 27.3 Å². The SMILES string of the molecule is CCCOc1ccccc1NC(=O)CN1CCN(S(=O)(=O)c2ccc(OC)c([N+](=O)[O-])c2)CC1. The van der Waals surface area contributed by atoms with E-state index in [-0.39, 0.29) is 36.2 Å². The molecule has 2 aromatic carbocycles. The lowest BCUT2D eigenvalue weighted by molar-refractivity contribution is -0.386. The van der Waals surface area contributed by atoms with Crippen molar-refractivity contribution in [3.05, 3.63) is 52.6 Å². The molecule has 184 valence electrons. The smallest absolute Gasteiger partial charge is 0.312 e. The molecule has 11 nitrogen and oxygen atoms in total. The van der Waals surface area contributed by atoms with Crippen LogP contribution in [0.1, 0.15) is 13.3 Å². The highest BCUT2D eigenvalue weighted by molar-refractivity contribution is 7.89. The molecule has 0 spiro atoms. The summed E-state index contributed by atoms with van der Waals surface area (Å²) >= 11 is 0. The van der Waals surface area contributed by atoms with E-state index in [2.05, 4.69) is 5.32 Å². The number of carbonyl (C=O) groups excluding carboxylic acids is 1. The molecular weight excluding hydrogens is 464 g/mol. The fourth-order valence-corrected chi connectivity index (χ4v) is 4.99. The Balaban J connectivity index is 1.60. The van der Waals surface area contributed by atoms with Gasteiger partial charge in [-0.3, -0.25) is 19.8 Å². The molecule has 0 bridgehead atoms. The van der Waals surface area contributed by atoms with Crippen LogP contribution in [0.4, 0.5) is 11.4 Å². The van der Waals surface area contributed by atoms with Crippen molar-refractivity contribution in [3.63, 3.8) is 0 Å². The van der Waals surface area contributed by atoms with Gasteiger partial charge in [-0.05, 0) is 30.7 Å². The van der Waals surface area contributed by atoms with E-state index in [1.54, 1.807) is 12.1 Å². The van der Waals surface area contributed by atoms with Crippen LogP contribution in [0.25, 0.3) is 0 Å². The molecule has 34 heavy (non-hydrogen) atoms. The second-order valence-corrected chi connectivity index (χ2v) is 9.60. The Morgan fingerprint density at radius 1 is 1.12 bits per heavy atom. The number of ether oxygens (including phenoxy) is 2. The minimum atomic E-state index is -3.93. The number of nitrogens with zero attached hydrogens (tertiary/aromatic N) is 3. The summed E-state index contributed by atoms with van der Waals surface area (Å²) in [6, 6.07) is 10.8. The van der Waals surface area contributed by atoms with Crippen molar-refractivity contribution in [2.75, 3.05) is 51.8 Å². The number of amides is 1. The zero-order chi connectivity index (χ0) is 24.7. The quantitative estimate of drug-likeness (QED) is 0.395. The molecule has 0 atom stereocenters. The van der Waals surface area contributed by atoms with Crippen LogP contribution >= 0.6 is 0 Å². The van der Waals surface area contributed by atoms with Gasteiger partial charge >= 0.3 is 5.69 Å². The molecule has 12 heteroatoms. The van der Waals surface area contributed by atoms with Gasteiger partial charge in [-0.15, -0.1) is 0 Å². The third-order valence-electron chi connectivity index (χ3n) is 5.31. The average molecular weight is 493 g/mol. The Kier molecular flexibility index (Phi) is 8.42. The molecule has 0 radical (unpaired) electrons. The lowest BCUT2D eigenvalue weighted by Gasteiger charge is -2.33. The van der Waals surface area contributed by atoms with E-state index in [9.17, 15) is 23.3 Å². The second kappa shape index (κ2) is 11.3. The summed E-state index contributed by atoms with van der Waals surface area (Å²) in [7, 11) is -2.65. The van der Waals surface area contributed by atoms with Crippen molar-refractivity contribution in [3.8, 4) is 11.5 Å². The van der Waals surface area contributed by atoms with Gasteiger partial charge in [0, 0.05) is 32.2 Å². The largest absolute Gasteiger partial charge is 0.491 e. The normalized spacial score (nSPS) is 15.0. The summed E-state index contributed by atoms with van der Waals surface area (Å²) < 4.78 is 37.9. The van der Waals surface area contributed by atoms with Crippen LogP contribution < -0.4 is 14.8 Å². The molecule has 1 amide bonds. The van der Waals surface area contributed by atoms with E-state index in [1.165, 1.54) is 23.5 Å². The monoisotopic (exact) mass is 492 g/mol. The van der Waals surface area contributed by atoms with Crippen LogP contribution in [0.15, 0.2) is 47.4 Å². The molecule has 1 N–H and O–H groups in total. The number of methoxy groups -OCH3 is 1. The molecule has 1 aliphatic rings. The summed E-state index contributed by atoms with van der Waals surface area (Å²) in [6.45, 7) is 3.65. The molecule has 2 aromatic rings. The molecule has 3 rings (SSSR count). The fourth-order valence-electron chi connectivity index (χ4n) is 3.55. The van der Waals surface area contributed by atoms with E-state index in [1.807, 2.05) is 24.0 Å². The number of benzene rings is 2. The summed E-state index contributed by atoms with van der Waals surface area (Å²) in [5.74, 6) is 0.360. The number of anilines is 1. The molecule has 1 heterocycles. The minimum absolute atomic E-state index is 0.0125. The number of nitrogens with one attached hydrogen (secondary N) is 1. The first kappa shape index (κ1) is 25.4. The predicted molar refractivity (Wildman–Crippen MR) is 126 cm³/mol. The van der Waals surface area contributed by atoms with Crippen molar-refractivity contribution in [2.45, 2.75) is 18.2 Å². The van der Waals surface area contributed by atoms with E-state index in [4.69, 9.17) is 9.47 Å². The number of hydrogen-bond donors (Lipinski definition) is 1. The van der Waals surface area contributed by atoms with Gasteiger partial charge in [0.1, 0.15) is 5.75 Å². The fraction of sp³-hybridized carbons (Fsp3) is 0.409. The molecule has 0 aromatic heterocycles. The van der Waals surface area contributed by atoms with E-state index in [0.717, 1.165) is 12.5 Å². The number of nitro groups is 1. The zero-order valence-corrected chi connectivity index (χ0v) is 19.9. The summed E-state index contributed by atoms with van der Waals surface area (Å²) in [4.78, 5) is 24.8. The van der Waals surface area contributed by atoms with E-state index in [0.29, 0.717) is 31.1 Å². The van der Waals surface area contributed by atoms with Gasteiger partial charge in [0.05, 0.1) is 35.8 Å². The number of nitro benzene ring substituents is 1. The van der Waals surface area contributed by atoms with E-state index < -0.39 is 20.6 Å². The van der Waals surface area contributed by atoms with Crippen LogP contribution in [-0.4, -0.2) is 74.9 Å². The van der Waals surface area contributed by atoms with Crippen molar-refractivity contribution < 1.29 is 27.6 Å². The topological polar surface area (TPSA) is 131 Å². The maximum atomic E-state index is 13.0. The standard InChI is InChI=1S/C22H28N4O7S/c1-3-14-33-20-7-5-4-6-18(20)23-22(27)16-24-10-12-25(13-11-24)34(30,31)17-8-9-21(32-2)19(15-17)26(28)29/h4-9,15H,3,10-14,16H2,1-2H3,(H,23,27). The summed E-state index contributed by atoms with van der Waals surface area (Å²) in [5.41, 5.74) is 0.172. The highest BCUT2D eigenvalue weighted by Gasteiger charge is 2.31. The third kappa shape index (κ3) is 6.01. The summed E-state index contributed by atoms with van der Waals surface area (Å²) in [6.07, 6.45) is 0.847. The number of piperazine rings is 1. The van der Waals surface area contributed by atoms with Gasteiger partial charge in [0.2, 0.25) is 15.9 Å². The highest BCUT2D eigenvalue weighted by Crippen LogP contribution is 2.31. The van der Waals surface area contributed by atoms with Crippen molar-refractivity contribution in [1.29, 1.82) is 0 Å². The molecule has 1 aliphatic heterocycles. The average Bonchev–Trinajstić information content (AvgIpc) is 2.83. The van der Waals surface area contributed by atoms with Gasteiger partial charge in [0.25, 0.3) is 0 Å². The molecular formula is C22H28N4O7S. The van der Waals surface area contributed by atoms with Gasteiger partial charge in [-0.2, -0.15) is 4.31 Å².